The van der Waals surface area contributed by atoms with Crippen LogP contribution < -0.4 is 4.74 Å². The molecule has 1 aromatic carbocycles. The van der Waals surface area contributed by atoms with Gasteiger partial charge in [-0.15, -0.1) is 0 Å². The van der Waals surface area contributed by atoms with E-state index in [0.717, 1.165) is 30.6 Å². The van der Waals surface area contributed by atoms with E-state index in [2.05, 4.69) is 0 Å². The maximum absolute atomic E-state index is 10.2. The molecule has 1 fully saturated rings. The van der Waals surface area contributed by atoms with Gasteiger partial charge in [-0.25, -0.2) is 0 Å². The summed E-state index contributed by atoms with van der Waals surface area (Å²) >= 11 is 0. The summed E-state index contributed by atoms with van der Waals surface area (Å²) in [6, 6.07) is 7.66. The van der Waals surface area contributed by atoms with Gasteiger partial charge in [-0.2, -0.15) is 0 Å². The first-order chi connectivity index (χ1) is 8.24. The van der Waals surface area contributed by atoms with Gasteiger partial charge in [-0.05, 0) is 37.0 Å². The molecule has 1 aliphatic carbocycles. The fraction of sp³-hybridized carbons (Fsp3) is 0.571. The van der Waals surface area contributed by atoms with E-state index in [0.29, 0.717) is 6.10 Å². The van der Waals surface area contributed by atoms with E-state index in [1.54, 1.807) is 7.11 Å². The molecule has 2 rings (SSSR count). The first-order valence-corrected chi connectivity index (χ1v) is 6.22. The topological polar surface area (TPSA) is 38.7 Å². The van der Waals surface area contributed by atoms with Gasteiger partial charge in [0.15, 0.2) is 0 Å². The third kappa shape index (κ3) is 3.20. The lowest BCUT2D eigenvalue weighted by atomic mass is 10.0. The molecule has 0 radical (unpaired) electrons. The fourth-order valence-electron chi connectivity index (χ4n) is 1.88. The summed E-state index contributed by atoms with van der Waals surface area (Å²) in [6.07, 6.45) is 2.70. The Bertz CT molecular complexity index is 356. The third-order valence-electron chi connectivity index (χ3n) is 3.08. The molecule has 0 amide bonds. The zero-order valence-electron chi connectivity index (χ0n) is 10.4. The van der Waals surface area contributed by atoms with Crippen LogP contribution >= 0.6 is 0 Å². The summed E-state index contributed by atoms with van der Waals surface area (Å²) in [5.41, 5.74) is 0.858. The predicted molar refractivity (Wildman–Crippen MR) is 66.1 cm³/mol. The zero-order chi connectivity index (χ0) is 12.3. The van der Waals surface area contributed by atoms with Gasteiger partial charge < -0.3 is 14.6 Å². The van der Waals surface area contributed by atoms with Crippen molar-refractivity contribution in [2.75, 3.05) is 7.11 Å². The van der Waals surface area contributed by atoms with Crippen LogP contribution in [-0.4, -0.2) is 24.4 Å². The third-order valence-corrected chi connectivity index (χ3v) is 3.08. The highest BCUT2D eigenvalue weighted by atomic mass is 16.5. The van der Waals surface area contributed by atoms with Crippen LogP contribution in [0.25, 0.3) is 0 Å². The summed E-state index contributed by atoms with van der Waals surface area (Å²) in [5.74, 6) is 0.843. The van der Waals surface area contributed by atoms with Crippen LogP contribution in [0, 0.1) is 0 Å². The van der Waals surface area contributed by atoms with Gasteiger partial charge in [0.05, 0.1) is 12.2 Å². The molecular weight excluding hydrogens is 216 g/mol. The van der Waals surface area contributed by atoms with Crippen molar-refractivity contribution in [3.05, 3.63) is 29.8 Å². The van der Waals surface area contributed by atoms with Crippen molar-refractivity contribution >= 4 is 0 Å². The average molecular weight is 236 g/mol. The van der Waals surface area contributed by atoms with Crippen LogP contribution in [0.3, 0.4) is 0 Å². The highest BCUT2D eigenvalue weighted by Gasteiger charge is 2.24. The molecule has 0 bridgehead atoms. The molecule has 1 aliphatic rings. The molecule has 0 aromatic heterocycles. The Morgan fingerprint density at radius 2 is 2.18 bits per heavy atom. The van der Waals surface area contributed by atoms with Crippen LogP contribution in [-0.2, 0) is 4.74 Å². The summed E-state index contributed by atoms with van der Waals surface area (Å²) in [6.45, 7) is 2.00. The molecule has 1 saturated carbocycles. The summed E-state index contributed by atoms with van der Waals surface area (Å²) < 4.78 is 11.0. The minimum Gasteiger partial charge on any atom is -0.490 e. The highest BCUT2D eigenvalue weighted by Crippen LogP contribution is 2.29. The van der Waals surface area contributed by atoms with E-state index >= 15 is 0 Å². The molecule has 2 unspecified atom stereocenters. The van der Waals surface area contributed by atoms with Crippen molar-refractivity contribution < 1.29 is 14.6 Å². The Labute approximate surface area is 102 Å². The van der Waals surface area contributed by atoms with Crippen molar-refractivity contribution in [2.24, 2.45) is 0 Å². The minimum absolute atomic E-state index is 0.161. The average Bonchev–Trinajstić information content (AvgIpc) is 3.15. The molecule has 94 valence electrons. The normalized spacial score (nSPS) is 18.8. The lowest BCUT2D eigenvalue weighted by molar-refractivity contribution is -0.0149. The lowest BCUT2D eigenvalue weighted by Gasteiger charge is -2.20. The van der Waals surface area contributed by atoms with Crippen molar-refractivity contribution in [3.63, 3.8) is 0 Å². The minimum atomic E-state index is -0.590. The molecule has 1 aromatic rings. The highest BCUT2D eigenvalue weighted by molar-refractivity contribution is 5.30. The van der Waals surface area contributed by atoms with Gasteiger partial charge in [0.25, 0.3) is 0 Å². The van der Waals surface area contributed by atoms with Crippen LogP contribution in [0.4, 0.5) is 0 Å². The molecule has 0 heterocycles. The number of aliphatic hydroxyl groups excluding tert-OH is 1. The summed E-state index contributed by atoms with van der Waals surface area (Å²) in [5, 5.41) is 10.2. The van der Waals surface area contributed by atoms with Crippen LogP contribution in [0.15, 0.2) is 24.3 Å². The van der Waals surface area contributed by atoms with Crippen molar-refractivity contribution in [3.8, 4) is 5.75 Å². The van der Waals surface area contributed by atoms with Crippen LogP contribution in [0.1, 0.15) is 37.9 Å². The Kier molecular flexibility index (Phi) is 4.02. The van der Waals surface area contributed by atoms with Gasteiger partial charge in [-0.3, -0.25) is 0 Å². The Balaban J connectivity index is 2.07. The molecule has 3 heteroatoms. The molecular formula is C14H20O3. The number of rotatable bonds is 6. The van der Waals surface area contributed by atoms with Crippen molar-refractivity contribution in [1.29, 1.82) is 0 Å². The van der Waals surface area contributed by atoms with Gasteiger partial charge in [0, 0.05) is 7.11 Å². The number of aliphatic hydroxyl groups is 1. The smallest absolute Gasteiger partial charge is 0.120 e. The van der Waals surface area contributed by atoms with Gasteiger partial charge in [0.2, 0.25) is 0 Å². The predicted octanol–water partition coefficient (Wildman–Crippen LogP) is 2.69. The molecule has 17 heavy (non-hydrogen) atoms. The number of benzene rings is 1. The van der Waals surface area contributed by atoms with Crippen molar-refractivity contribution in [1.82, 2.24) is 0 Å². The number of ether oxygens (including phenoxy) is 2. The molecule has 0 spiro atoms. The molecule has 3 nitrogen and oxygen atoms in total. The van der Waals surface area contributed by atoms with Gasteiger partial charge in [-0.1, -0.05) is 19.1 Å². The van der Waals surface area contributed by atoms with Crippen LogP contribution in [0.5, 0.6) is 5.75 Å². The SMILES string of the molecule is CCC(OC)C(O)c1cccc(OC2CC2)c1. The van der Waals surface area contributed by atoms with E-state index in [1.165, 1.54) is 0 Å². The van der Waals surface area contributed by atoms with E-state index in [4.69, 9.17) is 9.47 Å². The second kappa shape index (κ2) is 5.52. The van der Waals surface area contributed by atoms with E-state index < -0.39 is 6.10 Å². The first-order valence-electron chi connectivity index (χ1n) is 6.22. The standard InChI is InChI=1S/C14H20O3/c1-3-13(16-2)14(15)10-5-4-6-12(9-10)17-11-7-8-11/h4-6,9,11,13-15H,3,7-8H2,1-2H3. The number of hydrogen-bond donors (Lipinski definition) is 1. The first kappa shape index (κ1) is 12.4. The fourth-order valence-corrected chi connectivity index (χ4v) is 1.88. The van der Waals surface area contributed by atoms with Gasteiger partial charge >= 0.3 is 0 Å². The number of hydrogen-bond acceptors (Lipinski definition) is 3. The van der Waals surface area contributed by atoms with E-state index in [1.807, 2.05) is 31.2 Å². The van der Waals surface area contributed by atoms with Gasteiger partial charge in [0.1, 0.15) is 11.9 Å². The Morgan fingerprint density at radius 3 is 2.76 bits per heavy atom. The zero-order valence-corrected chi connectivity index (χ0v) is 10.4. The van der Waals surface area contributed by atoms with E-state index in [-0.39, 0.29) is 6.10 Å². The lowest BCUT2D eigenvalue weighted by Crippen LogP contribution is -2.19. The summed E-state index contributed by atoms with van der Waals surface area (Å²) in [7, 11) is 1.63. The second-order valence-corrected chi connectivity index (χ2v) is 4.52. The summed E-state index contributed by atoms with van der Waals surface area (Å²) in [4.78, 5) is 0. The molecule has 0 saturated heterocycles. The second-order valence-electron chi connectivity index (χ2n) is 4.52. The van der Waals surface area contributed by atoms with Crippen molar-refractivity contribution in [2.45, 2.75) is 44.5 Å². The maximum atomic E-state index is 10.2. The molecule has 1 N–H and O–H groups in total. The quantitative estimate of drug-likeness (QED) is 0.825. The molecule has 2 atom stereocenters. The molecule has 0 aliphatic heterocycles. The Hall–Kier alpha value is -1.06. The Morgan fingerprint density at radius 1 is 1.41 bits per heavy atom. The van der Waals surface area contributed by atoms with Crippen LogP contribution in [0.2, 0.25) is 0 Å². The maximum Gasteiger partial charge on any atom is 0.120 e. The monoisotopic (exact) mass is 236 g/mol. The largest absolute Gasteiger partial charge is 0.490 e. The number of methoxy groups -OCH3 is 1. The van der Waals surface area contributed by atoms with E-state index in [9.17, 15) is 5.11 Å².